The number of nitrogens with one attached hydrogen (secondary N) is 1. The number of hydrogen-bond acceptors (Lipinski definition) is 8. The third-order valence-electron chi connectivity index (χ3n) is 5.55. The number of carbonyl (C=O) groups is 3. The second-order valence-electron chi connectivity index (χ2n) is 7.86. The molecule has 0 fully saturated rings. The van der Waals surface area contributed by atoms with Gasteiger partial charge in [-0.05, 0) is 61.6 Å². The number of amides is 1. The molecule has 186 valence electrons. The molecule has 3 rings (SSSR count). The first-order valence-corrected chi connectivity index (χ1v) is 12.1. The molecule has 1 amide bonds. The molecule has 2 aromatic heterocycles. The summed E-state index contributed by atoms with van der Waals surface area (Å²) in [5.74, 6) is -0.138. The van der Waals surface area contributed by atoms with E-state index >= 15 is 0 Å². The molecule has 2 heterocycles. The summed E-state index contributed by atoms with van der Waals surface area (Å²) in [5.41, 5.74) is 1.73. The van der Waals surface area contributed by atoms with Gasteiger partial charge >= 0.3 is 11.9 Å². The Labute approximate surface area is 208 Å². The summed E-state index contributed by atoms with van der Waals surface area (Å²) in [7, 11) is 1.23. The van der Waals surface area contributed by atoms with E-state index < -0.39 is 17.8 Å². The summed E-state index contributed by atoms with van der Waals surface area (Å²) in [4.78, 5) is 37.6. The summed E-state index contributed by atoms with van der Waals surface area (Å²) in [6.07, 6.45) is 1.06. The smallest absolute Gasteiger partial charge is 0.348 e. The fraction of sp³-hybridized carbons (Fsp3) is 0.346. The molecule has 0 radical (unpaired) electrons. The molecule has 0 aliphatic heterocycles. The lowest BCUT2D eigenvalue weighted by molar-refractivity contribution is 0.0531. The molecular formula is C26H29NO7S. The van der Waals surface area contributed by atoms with Crippen molar-refractivity contribution in [2.75, 3.05) is 19.0 Å². The lowest BCUT2D eigenvalue weighted by Gasteiger charge is -2.10. The molecule has 1 atom stereocenters. The van der Waals surface area contributed by atoms with E-state index in [0.717, 1.165) is 17.8 Å². The van der Waals surface area contributed by atoms with Crippen molar-refractivity contribution >= 4 is 34.2 Å². The SMILES string of the molecule is CCOC(=O)c1sc(NC(=O)c2ccc(COc3ccc(C(C)CC)cc3)o2)c(C(=O)OC)c1C. The van der Waals surface area contributed by atoms with Crippen molar-refractivity contribution in [1.29, 1.82) is 0 Å². The minimum absolute atomic E-state index is 0.0373. The van der Waals surface area contributed by atoms with E-state index in [4.69, 9.17) is 18.6 Å². The van der Waals surface area contributed by atoms with Crippen molar-refractivity contribution in [3.63, 3.8) is 0 Å². The normalized spacial score (nSPS) is 11.6. The zero-order chi connectivity index (χ0) is 25.5. The number of esters is 2. The highest BCUT2D eigenvalue weighted by atomic mass is 32.1. The van der Waals surface area contributed by atoms with Crippen molar-refractivity contribution < 1.29 is 33.0 Å². The first kappa shape index (κ1) is 26.0. The molecular weight excluding hydrogens is 470 g/mol. The molecule has 1 N–H and O–H groups in total. The Balaban J connectivity index is 1.70. The maximum absolute atomic E-state index is 12.8. The maximum atomic E-state index is 12.8. The number of carbonyl (C=O) groups excluding carboxylic acids is 3. The number of rotatable bonds is 10. The first-order valence-electron chi connectivity index (χ1n) is 11.3. The Hall–Kier alpha value is -3.59. The molecule has 0 aliphatic carbocycles. The molecule has 1 aromatic carbocycles. The van der Waals surface area contributed by atoms with Gasteiger partial charge in [-0.3, -0.25) is 4.79 Å². The second kappa shape index (κ2) is 11.7. The van der Waals surface area contributed by atoms with Crippen LogP contribution in [0, 0.1) is 6.92 Å². The van der Waals surface area contributed by atoms with Crippen molar-refractivity contribution in [2.45, 2.75) is 46.6 Å². The van der Waals surface area contributed by atoms with Gasteiger partial charge in [0.25, 0.3) is 5.91 Å². The predicted molar refractivity (Wildman–Crippen MR) is 132 cm³/mol. The third-order valence-corrected chi connectivity index (χ3v) is 6.74. The zero-order valence-electron chi connectivity index (χ0n) is 20.4. The molecule has 0 saturated heterocycles. The predicted octanol–water partition coefficient (Wildman–Crippen LogP) is 5.96. The van der Waals surface area contributed by atoms with Crippen LogP contribution in [0.3, 0.4) is 0 Å². The Morgan fingerprint density at radius 3 is 2.40 bits per heavy atom. The quantitative estimate of drug-likeness (QED) is 0.343. The van der Waals surface area contributed by atoms with Gasteiger partial charge in [-0.1, -0.05) is 26.0 Å². The molecule has 0 spiro atoms. The van der Waals surface area contributed by atoms with E-state index in [0.29, 0.717) is 23.0 Å². The Morgan fingerprint density at radius 2 is 1.77 bits per heavy atom. The van der Waals surface area contributed by atoms with Crippen LogP contribution in [-0.2, 0) is 16.1 Å². The molecule has 3 aromatic rings. The number of anilines is 1. The monoisotopic (exact) mass is 499 g/mol. The minimum Gasteiger partial charge on any atom is -0.486 e. The number of furan rings is 1. The van der Waals surface area contributed by atoms with Gasteiger partial charge in [-0.2, -0.15) is 0 Å². The van der Waals surface area contributed by atoms with Crippen LogP contribution in [0.25, 0.3) is 0 Å². The highest BCUT2D eigenvalue weighted by Crippen LogP contribution is 2.34. The van der Waals surface area contributed by atoms with E-state index in [1.807, 2.05) is 24.3 Å². The fourth-order valence-electron chi connectivity index (χ4n) is 3.37. The van der Waals surface area contributed by atoms with Crippen molar-refractivity contribution in [2.24, 2.45) is 0 Å². The number of benzene rings is 1. The molecule has 1 unspecified atom stereocenters. The molecule has 9 heteroatoms. The van der Waals surface area contributed by atoms with Gasteiger partial charge in [0.05, 0.1) is 19.3 Å². The number of hydrogen-bond donors (Lipinski definition) is 1. The molecule has 0 bridgehead atoms. The van der Waals surface area contributed by atoms with E-state index in [1.165, 1.54) is 18.7 Å². The number of ether oxygens (including phenoxy) is 3. The van der Waals surface area contributed by atoms with Crippen LogP contribution in [0.1, 0.15) is 80.6 Å². The van der Waals surface area contributed by atoms with Crippen molar-refractivity contribution in [1.82, 2.24) is 0 Å². The van der Waals surface area contributed by atoms with Crippen molar-refractivity contribution in [3.8, 4) is 5.75 Å². The lowest BCUT2D eigenvalue weighted by Crippen LogP contribution is -2.13. The van der Waals surface area contributed by atoms with Gasteiger partial charge in [0.2, 0.25) is 0 Å². The topological polar surface area (TPSA) is 104 Å². The Morgan fingerprint density at radius 1 is 1.06 bits per heavy atom. The average molecular weight is 500 g/mol. The molecule has 8 nitrogen and oxygen atoms in total. The standard InChI is InChI=1S/C26H29NO7S/c1-6-15(3)17-8-10-18(11-9-17)33-14-19-12-13-20(34-19)23(28)27-24-21(25(29)31-5)16(4)22(35-24)26(30)32-7-2/h8-13,15H,6-7,14H2,1-5H3,(H,27,28). The van der Waals surface area contributed by atoms with E-state index in [-0.39, 0.29) is 34.4 Å². The highest BCUT2D eigenvalue weighted by molar-refractivity contribution is 7.18. The largest absolute Gasteiger partial charge is 0.486 e. The van der Waals surface area contributed by atoms with Crippen LogP contribution in [0.15, 0.2) is 40.8 Å². The van der Waals surface area contributed by atoms with Gasteiger partial charge in [-0.25, -0.2) is 9.59 Å². The van der Waals surface area contributed by atoms with E-state index in [1.54, 1.807) is 19.9 Å². The number of thiophene rings is 1. The van der Waals surface area contributed by atoms with Crippen LogP contribution in [0.4, 0.5) is 5.00 Å². The maximum Gasteiger partial charge on any atom is 0.348 e. The van der Waals surface area contributed by atoms with Crippen LogP contribution >= 0.6 is 11.3 Å². The summed E-state index contributed by atoms with van der Waals surface area (Å²) in [6.45, 7) is 7.94. The van der Waals surface area contributed by atoms with Crippen LogP contribution < -0.4 is 10.1 Å². The lowest BCUT2D eigenvalue weighted by atomic mass is 9.99. The van der Waals surface area contributed by atoms with Gasteiger partial charge in [0.15, 0.2) is 5.76 Å². The van der Waals surface area contributed by atoms with Crippen LogP contribution in [0.5, 0.6) is 5.75 Å². The van der Waals surface area contributed by atoms with Crippen molar-refractivity contribution in [3.05, 3.63) is 69.5 Å². The Bertz CT molecular complexity index is 1190. The summed E-state index contributed by atoms with van der Waals surface area (Å²) < 4.78 is 21.3. The van der Waals surface area contributed by atoms with Gasteiger partial charge in [0, 0.05) is 0 Å². The average Bonchev–Trinajstić information content (AvgIpc) is 3.47. The minimum atomic E-state index is -0.669. The zero-order valence-corrected chi connectivity index (χ0v) is 21.2. The Kier molecular flexibility index (Phi) is 8.70. The van der Waals surface area contributed by atoms with Crippen LogP contribution in [0.2, 0.25) is 0 Å². The molecule has 0 saturated carbocycles. The summed E-state index contributed by atoms with van der Waals surface area (Å²) in [6, 6.07) is 11.1. The third kappa shape index (κ3) is 6.10. The van der Waals surface area contributed by atoms with Gasteiger partial charge < -0.3 is 23.9 Å². The fourth-order valence-corrected chi connectivity index (χ4v) is 4.45. The second-order valence-corrected chi connectivity index (χ2v) is 8.88. The number of methoxy groups -OCH3 is 1. The highest BCUT2D eigenvalue weighted by Gasteiger charge is 2.27. The molecule has 0 aliphatic rings. The molecule has 35 heavy (non-hydrogen) atoms. The summed E-state index contributed by atoms with van der Waals surface area (Å²) in [5, 5.41) is 2.82. The van der Waals surface area contributed by atoms with E-state index in [9.17, 15) is 14.4 Å². The van der Waals surface area contributed by atoms with Crippen LogP contribution in [-0.4, -0.2) is 31.6 Å². The van der Waals surface area contributed by atoms with Gasteiger partial charge in [0.1, 0.15) is 28.0 Å². The van der Waals surface area contributed by atoms with Gasteiger partial charge in [-0.15, -0.1) is 11.3 Å². The summed E-state index contributed by atoms with van der Waals surface area (Å²) >= 11 is 0.946. The first-order chi connectivity index (χ1) is 16.8. The van der Waals surface area contributed by atoms with E-state index in [2.05, 4.69) is 19.2 Å².